The van der Waals surface area contributed by atoms with Crippen LogP contribution in [-0.4, -0.2) is 46.7 Å². The molecule has 1 saturated heterocycles. The summed E-state index contributed by atoms with van der Waals surface area (Å²) in [5.74, 6) is -2.14. The van der Waals surface area contributed by atoms with Gasteiger partial charge in [0.05, 0.1) is 22.7 Å². The zero-order valence-electron chi connectivity index (χ0n) is 14.2. The summed E-state index contributed by atoms with van der Waals surface area (Å²) in [6.07, 6.45) is 1.24. The molecule has 0 aliphatic carbocycles. The van der Waals surface area contributed by atoms with Gasteiger partial charge in [0.15, 0.2) is 10.5 Å². The number of carboxylic acid groups (broad SMARTS) is 1. The van der Waals surface area contributed by atoms with Gasteiger partial charge >= 0.3 is 0 Å². The van der Waals surface area contributed by atoms with Gasteiger partial charge < -0.3 is 30.0 Å². The zero-order valence-corrected chi connectivity index (χ0v) is 15.0. The maximum absolute atomic E-state index is 14.7. The van der Waals surface area contributed by atoms with E-state index in [1.165, 1.54) is 6.20 Å². The summed E-state index contributed by atoms with van der Waals surface area (Å²) < 4.78 is 16.3. The third-order valence-electron chi connectivity index (χ3n) is 4.64. The van der Waals surface area contributed by atoms with E-state index in [4.69, 9.17) is 18.0 Å². The molecule has 1 aromatic heterocycles. The van der Waals surface area contributed by atoms with Gasteiger partial charge in [-0.2, -0.15) is 0 Å². The molecule has 9 heteroatoms. The number of aryl methyl sites for hydroxylation is 1. The average molecular weight is 377 g/mol. The molecule has 138 valence electrons. The first kappa shape index (κ1) is 18.1. The number of thiocarbonyl (C=S) groups is 1. The van der Waals surface area contributed by atoms with Gasteiger partial charge in [0, 0.05) is 44.3 Å². The molecule has 0 amide bonds. The number of anilines is 1. The van der Waals surface area contributed by atoms with Crippen LogP contribution in [-0.2, 0) is 6.54 Å². The number of carbonyl (C=O) groups is 1. The Bertz CT molecular complexity index is 951. The molecule has 2 heterocycles. The second-order valence-corrected chi connectivity index (χ2v) is 6.50. The molecule has 1 aromatic carbocycles. The molecule has 26 heavy (non-hydrogen) atoms. The Kier molecular flexibility index (Phi) is 4.82. The number of piperazine rings is 1. The Hall–Kier alpha value is -2.68. The second-order valence-electron chi connectivity index (χ2n) is 6.08. The highest BCUT2D eigenvalue weighted by atomic mass is 32.1. The fourth-order valence-corrected chi connectivity index (χ4v) is 3.40. The van der Waals surface area contributed by atoms with Crippen LogP contribution in [0.5, 0.6) is 0 Å². The van der Waals surface area contributed by atoms with Crippen LogP contribution in [0.25, 0.3) is 10.9 Å². The maximum Gasteiger partial charge on any atom is 0.198 e. The molecule has 0 bridgehead atoms. The quantitative estimate of drug-likeness (QED) is 0.746. The summed E-state index contributed by atoms with van der Waals surface area (Å²) in [5, 5.41) is 11.5. The van der Waals surface area contributed by atoms with Crippen molar-refractivity contribution >= 4 is 39.9 Å². The molecule has 0 spiro atoms. The maximum atomic E-state index is 14.7. The number of nitrogens with zero attached hydrogens (tertiary/aromatic N) is 3. The zero-order chi connectivity index (χ0) is 19.0. The normalized spacial score (nSPS) is 14.7. The standard InChI is InChI=1S/C17H19FN4O3S/c1-2-20-9-11(16(24)25)15(23)10-7-12(18)14(8-13(10)20)21-3-5-22(6-4-21)17(19)26/h7-9H,2-6H2,1H3,(H2,19,26)(H,24,25)/p-1. The molecule has 2 aromatic rings. The molecule has 7 nitrogen and oxygen atoms in total. The largest absolute Gasteiger partial charge is 0.545 e. The summed E-state index contributed by atoms with van der Waals surface area (Å²) in [6, 6.07) is 2.69. The van der Waals surface area contributed by atoms with Crippen LogP contribution in [0.4, 0.5) is 10.1 Å². The Morgan fingerprint density at radius 1 is 1.31 bits per heavy atom. The number of aromatic carboxylic acids is 1. The fraction of sp³-hybridized carbons (Fsp3) is 0.353. The van der Waals surface area contributed by atoms with Gasteiger partial charge in [0.2, 0.25) is 0 Å². The molecular weight excluding hydrogens is 359 g/mol. The molecule has 2 N–H and O–H groups in total. The van der Waals surface area contributed by atoms with Crippen LogP contribution in [0.2, 0.25) is 0 Å². The van der Waals surface area contributed by atoms with Crippen LogP contribution in [0.1, 0.15) is 17.3 Å². The van der Waals surface area contributed by atoms with Crippen molar-refractivity contribution in [3.63, 3.8) is 0 Å². The van der Waals surface area contributed by atoms with Gasteiger partial charge in [-0.05, 0) is 31.3 Å². The number of carbonyl (C=O) groups excluding carboxylic acids is 1. The van der Waals surface area contributed by atoms with Gasteiger partial charge in [-0.3, -0.25) is 4.79 Å². The van der Waals surface area contributed by atoms with Crippen molar-refractivity contribution < 1.29 is 14.3 Å². The van der Waals surface area contributed by atoms with Crippen molar-refractivity contribution in [2.24, 2.45) is 5.73 Å². The van der Waals surface area contributed by atoms with E-state index in [0.717, 1.165) is 6.07 Å². The number of aromatic nitrogens is 1. The Morgan fingerprint density at radius 2 is 1.96 bits per heavy atom. The van der Waals surface area contributed by atoms with Crippen molar-refractivity contribution in [2.75, 3.05) is 31.1 Å². The summed E-state index contributed by atoms with van der Waals surface area (Å²) in [6.45, 7) is 4.47. The monoisotopic (exact) mass is 377 g/mol. The van der Waals surface area contributed by atoms with Crippen molar-refractivity contribution in [1.29, 1.82) is 0 Å². The molecule has 0 atom stereocenters. The Labute approximate surface area is 154 Å². The molecule has 3 rings (SSSR count). The number of halogens is 1. The van der Waals surface area contributed by atoms with E-state index in [-0.39, 0.29) is 5.39 Å². The third-order valence-corrected chi connectivity index (χ3v) is 4.90. The SMILES string of the molecule is CCn1cc(C(=O)[O-])c(=O)c2cc(F)c(N3CCN(C(N)=S)CC3)cc21. The van der Waals surface area contributed by atoms with Gasteiger partial charge in [0.1, 0.15) is 5.82 Å². The lowest BCUT2D eigenvalue weighted by molar-refractivity contribution is -0.255. The average Bonchev–Trinajstić information content (AvgIpc) is 2.62. The summed E-state index contributed by atoms with van der Waals surface area (Å²) in [7, 11) is 0. The van der Waals surface area contributed by atoms with Crippen molar-refractivity contribution in [2.45, 2.75) is 13.5 Å². The lowest BCUT2D eigenvalue weighted by atomic mass is 10.1. The molecule has 0 radical (unpaired) electrons. The Morgan fingerprint density at radius 3 is 2.50 bits per heavy atom. The molecule has 0 saturated carbocycles. The van der Waals surface area contributed by atoms with E-state index >= 15 is 0 Å². The predicted molar refractivity (Wildman–Crippen MR) is 98.7 cm³/mol. The second kappa shape index (κ2) is 6.91. The topological polar surface area (TPSA) is 94.6 Å². The van der Waals surface area contributed by atoms with Crippen LogP contribution < -0.4 is 21.2 Å². The first-order valence-corrected chi connectivity index (χ1v) is 8.61. The fourth-order valence-electron chi connectivity index (χ4n) is 3.22. The lowest BCUT2D eigenvalue weighted by Gasteiger charge is -2.36. The minimum Gasteiger partial charge on any atom is -0.545 e. The van der Waals surface area contributed by atoms with Gasteiger partial charge in [-0.15, -0.1) is 0 Å². The molecule has 0 unspecified atom stereocenters. The van der Waals surface area contributed by atoms with Crippen LogP contribution in [0, 0.1) is 5.82 Å². The highest BCUT2D eigenvalue weighted by Gasteiger charge is 2.22. The Balaban J connectivity index is 2.08. The van der Waals surface area contributed by atoms with Crippen LogP contribution >= 0.6 is 12.2 Å². The van der Waals surface area contributed by atoms with Crippen LogP contribution in [0.3, 0.4) is 0 Å². The molecule has 1 aliphatic rings. The van der Waals surface area contributed by atoms with Crippen molar-refractivity contribution in [3.8, 4) is 0 Å². The number of carboxylic acids is 1. The highest BCUT2D eigenvalue weighted by Crippen LogP contribution is 2.26. The van der Waals surface area contributed by atoms with Gasteiger partial charge in [-0.25, -0.2) is 4.39 Å². The minimum absolute atomic E-state index is 0.0246. The predicted octanol–water partition coefficient (Wildman–Crippen LogP) is -0.110. The summed E-state index contributed by atoms with van der Waals surface area (Å²) in [5.41, 5.74) is 5.25. The number of benzene rings is 1. The van der Waals surface area contributed by atoms with E-state index in [1.54, 1.807) is 10.6 Å². The van der Waals surface area contributed by atoms with E-state index in [2.05, 4.69) is 0 Å². The molecule has 1 aliphatic heterocycles. The molecular formula is C17H18FN4O3S-. The summed E-state index contributed by atoms with van der Waals surface area (Å²) in [4.78, 5) is 27.2. The number of rotatable bonds is 3. The van der Waals surface area contributed by atoms with Crippen LogP contribution in [0.15, 0.2) is 23.1 Å². The lowest BCUT2D eigenvalue weighted by Crippen LogP contribution is -2.50. The van der Waals surface area contributed by atoms with Crippen molar-refractivity contribution in [3.05, 3.63) is 39.9 Å². The first-order valence-electron chi connectivity index (χ1n) is 8.20. The number of pyridine rings is 1. The number of hydrogen-bond donors (Lipinski definition) is 1. The smallest absolute Gasteiger partial charge is 0.198 e. The van der Waals surface area contributed by atoms with E-state index in [1.807, 2.05) is 16.7 Å². The number of fused-ring (bicyclic) bond motifs is 1. The van der Waals surface area contributed by atoms with Crippen molar-refractivity contribution in [1.82, 2.24) is 9.47 Å². The minimum atomic E-state index is -1.57. The number of nitrogens with two attached hydrogens (primary N) is 1. The number of hydrogen-bond acceptors (Lipinski definition) is 5. The van der Waals surface area contributed by atoms with Gasteiger partial charge in [-0.1, -0.05) is 0 Å². The van der Waals surface area contributed by atoms with E-state index < -0.39 is 22.8 Å². The van der Waals surface area contributed by atoms with E-state index in [0.29, 0.717) is 49.0 Å². The highest BCUT2D eigenvalue weighted by molar-refractivity contribution is 7.80. The van der Waals surface area contributed by atoms with E-state index in [9.17, 15) is 19.1 Å². The van der Waals surface area contributed by atoms with Gasteiger partial charge in [0.25, 0.3) is 0 Å². The molecule has 1 fully saturated rings. The third kappa shape index (κ3) is 3.10. The summed E-state index contributed by atoms with van der Waals surface area (Å²) >= 11 is 4.96. The first-order chi connectivity index (χ1) is 12.3.